The second kappa shape index (κ2) is 11.4. The second-order valence-electron chi connectivity index (χ2n) is 5.64. The Bertz CT molecular complexity index is 700. The quantitative estimate of drug-likeness (QED) is 0.465. The first kappa shape index (κ1) is 21.0. The number of aliphatic hydroxyl groups is 1. The summed E-state index contributed by atoms with van der Waals surface area (Å²) >= 11 is 9.75. The van der Waals surface area contributed by atoms with Gasteiger partial charge in [0.2, 0.25) is 0 Å². The van der Waals surface area contributed by atoms with E-state index in [4.69, 9.17) is 26.2 Å². The number of nitrogens with one attached hydrogen (secondary N) is 2. The molecule has 2 rings (SSSR count). The third kappa shape index (κ3) is 6.45. The zero-order valence-electron chi connectivity index (χ0n) is 14.7. The highest BCUT2D eigenvalue weighted by Gasteiger charge is 2.12. The van der Waals surface area contributed by atoms with E-state index in [1.807, 2.05) is 36.4 Å². The molecule has 7 heteroatoms. The van der Waals surface area contributed by atoms with Crippen LogP contribution in [0.2, 0.25) is 5.02 Å². The van der Waals surface area contributed by atoms with E-state index in [2.05, 4.69) is 26.6 Å². The minimum atomic E-state index is 0.153. The number of rotatable bonds is 11. The Hall–Kier alpha value is -1.31. The summed E-state index contributed by atoms with van der Waals surface area (Å²) < 4.78 is 12.3. The summed E-state index contributed by atoms with van der Waals surface area (Å²) in [6.45, 7) is 3.45. The SMILES string of the molecule is COc1cc(CNCCNCCO)cc(Br)c1OCc1ccccc1Cl. The number of halogens is 2. The molecule has 2 aromatic rings. The first-order chi connectivity index (χ1) is 12.7. The van der Waals surface area contributed by atoms with Gasteiger partial charge in [0.25, 0.3) is 0 Å². The van der Waals surface area contributed by atoms with Gasteiger partial charge in [0, 0.05) is 36.8 Å². The molecule has 0 aromatic heterocycles. The molecule has 0 amide bonds. The minimum absolute atomic E-state index is 0.153. The van der Waals surface area contributed by atoms with Crippen molar-refractivity contribution in [2.24, 2.45) is 0 Å². The summed E-state index contributed by atoms with van der Waals surface area (Å²) in [6, 6.07) is 11.6. The lowest BCUT2D eigenvalue weighted by molar-refractivity contribution is 0.282. The summed E-state index contributed by atoms with van der Waals surface area (Å²) in [5, 5.41) is 15.9. The van der Waals surface area contributed by atoms with Crippen LogP contribution in [0.5, 0.6) is 11.5 Å². The van der Waals surface area contributed by atoms with E-state index in [1.54, 1.807) is 7.11 Å². The van der Waals surface area contributed by atoms with Crippen molar-refractivity contribution >= 4 is 27.5 Å². The van der Waals surface area contributed by atoms with Gasteiger partial charge < -0.3 is 25.2 Å². The summed E-state index contributed by atoms with van der Waals surface area (Å²) in [7, 11) is 1.63. The van der Waals surface area contributed by atoms with Crippen LogP contribution in [-0.2, 0) is 13.2 Å². The molecule has 0 aliphatic carbocycles. The molecular weight excluding hydrogens is 420 g/mol. The monoisotopic (exact) mass is 442 g/mol. The van der Waals surface area contributed by atoms with E-state index in [-0.39, 0.29) is 6.61 Å². The van der Waals surface area contributed by atoms with Gasteiger partial charge in [0.05, 0.1) is 18.2 Å². The molecule has 0 unspecified atom stereocenters. The zero-order chi connectivity index (χ0) is 18.8. The first-order valence-electron chi connectivity index (χ1n) is 8.40. The Morgan fingerprint density at radius 3 is 2.62 bits per heavy atom. The largest absolute Gasteiger partial charge is 0.493 e. The molecule has 0 heterocycles. The Balaban J connectivity index is 1.96. The molecule has 5 nitrogen and oxygen atoms in total. The van der Waals surface area contributed by atoms with Gasteiger partial charge in [0.1, 0.15) is 6.61 Å². The van der Waals surface area contributed by atoms with E-state index >= 15 is 0 Å². The van der Waals surface area contributed by atoms with Crippen molar-refractivity contribution in [3.63, 3.8) is 0 Å². The van der Waals surface area contributed by atoms with Gasteiger partial charge in [-0.2, -0.15) is 0 Å². The van der Waals surface area contributed by atoms with E-state index < -0.39 is 0 Å². The van der Waals surface area contributed by atoms with Gasteiger partial charge in [0.15, 0.2) is 11.5 Å². The number of aliphatic hydroxyl groups excluding tert-OH is 1. The van der Waals surface area contributed by atoms with Gasteiger partial charge >= 0.3 is 0 Å². The molecule has 0 saturated carbocycles. The number of ether oxygens (including phenoxy) is 2. The van der Waals surface area contributed by atoms with Gasteiger partial charge in [-0.1, -0.05) is 29.8 Å². The molecule has 0 spiro atoms. The van der Waals surface area contributed by atoms with Crippen LogP contribution in [0.1, 0.15) is 11.1 Å². The van der Waals surface area contributed by atoms with E-state index in [1.165, 1.54) is 0 Å². The van der Waals surface area contributed by atoms with Crippen molar-refractivity contribution in [1.82, 2.24) is 10.6 Å². The molecule has 2 aromatic carbocycles. The normalized spacial score (nSPS) is 10.8. The van der Waals surface area contributed by atoms with E-state index in [9.17, 15) is 0 Å². The molecule has 3 N–H and O–H groups in total. The lowest BCUT2D eigenvalue weighted by atomic mass is 10.2. The second-order valence-corrected chi connectivity index (χ2v) is 6.90. The number of methoxy groups -OCH3 is 1. The number of hydrogen-bond acceptors (Lipinski definition) is 5. The fourth-order valence-electron chi connectivity index (χ4n) is 2.39. The molecule has 0 atom stereocenters. The third-order valence-electron chi connectivity index (χ3n) is 3.72. The maximum Gasteiger partial charge on any atom is 0.175 e. The Labute approximate surface area is 167 Å². The smallest absolute Gasteiger partial charge is 0.175 e. The van der Waals surface area contributed by atoms with Crippen molar-refractivity contribution in [1.29, 1.82) is 0 Å². The first-order valence-corrected chi connectivity index (χ1v) is 9.57. The zero-order valence-corrected chi connectivity index (χ0v) is 17.1. The van der Waals surface area contributed by atoms with Crippen LogP contribution in [0.15, 0.2) is 40.9 Å². The summed E-state index contributed by atoms with van der Waals surface area (Å²) in [6.07, 6.45) is 0. The lowest BCUT2D eigenvalue weighted by Crippen LogP contribution is -2.28. The topological polar surface area (TPSA) is 62.8 Å². The van der Waals surface area contributed by atoms with Crippen molar-refractivity contribution in [3.05, 3.63) is 57.0 Å². The van der Waals surface area contributed by atoms with Crippen LogP contribution in [0, 0.1) is 0 Å². The van der Waals surface area contributed by atoms with Crippen molar-refractivity contribution in [3.8, 4) is 11.5 Å². The third-order valence-corrected chi connectivity index (χ3v) is 4.67. The van der Waals surface area contributed by atoms with Crippen LogP contribution < -0.4 is 20.1 Å². The highest BCUT2D eigenvalue weighted by molar-refractivity contribution is 9.10. The minimum Gasteiger partial charge on any atom is -0.493 e. The summed E-state index contributed by atoms with van der Waals surface area (Å²) in [4.78, 5) is 0. The standard InChI is InChI=1S/C19H24BrClN2O3/c1-25-18-11-14(12-23-7-6-22-8-9-24)10-16(20)19(18)26-13-15-4-2-3-5-17(15)21/h2-5,10-11,22-24H,6-9,12-13H2,1H3. The average molecular weight is 444 g/mol. The molecule has 26 heavy (non-hydrogen) atoms. The molecule has 0 aliphatic heterocycles. The highest BCUT2D eigenvalue weighted by Crippen LogP contribution is 2.37. The fraction of sp³-hybridized carbons (Fsp3) is 0.368. The van der Waals surface area contributed by atoms with Crippen molar-refractivity contribution < 1.29 is 14.6 Å². The van der Waals surface area contributed by atoms with Crippen LogP contribution in [0.3, 0.4) is 0 Å². The molecule has 0 saturated heterocycles. The molecule has 0 fully saturated rings. The maximum atomic E-state index is 8.73. The lowest BCUT2D eigenvalue weighted by Gasteiger charge is -2.15. The maximum absolute atomic E-state index is 8.73. The Morgan fingerprint density at radius 1 is 1.12 bits per heavy atom. The van der Waals surface area contributed by atoms with Gasteiger partial charge in [-0.3, -0.25) is 0 Å². The van der Waals surface area contributed by atoms with E-state index in [0.29, 0.717) is 36.2 Å². The van der Waals surface area contributed by atoms with Gasteiger partial charge in [-0.15, -0.1) is 0 Å². The molecule has 0 bridgehead atoms. The summed E-state index contributed by atoms with van der Waals surface area (Å²) in [5.41, 5.74) is 2.00. The molecule has 0 radical (unpaired) electrons. The Morgan fingerprint density at radius 2 is 1.88 bits per heavy atom. The van der Waals surface area contributed by atoms with Crippen LogP contribution in [-0.4, -0.2) is 38.5 Å². The number of hydrogen-bond donors (Lipinski definition) is 3. The highest BCUT2D eigenvalue weighted by atomic mass is 79.9. The van der Waals surface area contributed by atoms with Gasteiger partial charge in [-0.05, 0) is 39.7 Å². The predicted molar refractivity (Wildman–Crippen MR) is 108 cm³/mol. The molecule has 0 aliphatic rings. The van der Waals surface area contributed by atoms with Crippen LogP contribution in [0.25, 0.3) is 0 Å². The van der Waals surface area contributed by atoms with Crippen molar-refractivity contribution in [2.75, 3.05) is 33.4 Å². The summed E-state index contributed by atoms with van der Waals surface area (Å²) in [5.74, 6) is 1.32. The number of benzene rings is 2. The fourth-order valence-corrected chi connectivity index (χ4v) is 3.19. The average Bonchev–Trinajstić information content (AvgIpc) is 2.64. The van der Waals surface area contributed by atoms with E-state index in [0.717, 1.165) is 28.7 Å². The Kier molecular flexibility index (Phi) is 9.22. The van der Waals surface area contributed by atoms with Crippen LogP contribution in [0.4, 0.5) is 0 Å². The molecule has 142 valence electrons. The van der Waals surface area contributed by atoms with Crippen molar-refractivity contribution in [2.45, 2.75) is 13.2 Å². The van der Waals surface area contributed by atoms with Crippen LogP contribution >= 0.6 is 27.5 Å². The predicted octanol–water partition coefficient (Wildman–Crippen LogP) is 3.36. The molecular formula is C19H24BrClN2O3. The van der Waals surface area contributed by atoms with Gasteiger partial charge in [-0.25, -0.2) is 0 Å².